The van der Waals surface area contributed by atoms with Crippen molar-refractivity contribution in [2.75, 3.05) is 0 Å². The van der Waals surface area contributed by atoms with Crippen LogP contribution >= 0.6 is 0 Å². The van der Waals surface area contributed by atoms with Crippen molar-refractivity contribution in [2.24, 2.45) is 0 Å². The van der Waals surface area contributed by atoms with Gasteiger partial charge in [-0.2, -0.15) is 0 Å². The predicted molar refractivity (Wildman–Crippen MR) is 159 cm³/mol. The van der Waals surface area contributed by atoms with Gasteiger partial charge >= 0.3 is 0 Å². The summed E-state index contributed by atoms with van der Waals surface area (Å²) in [6.45, 7) is 4.46. The molecular weight excluding hydrogens is 448 g/mol. The van der Waals surface area contributed by atoms with Gasteiger partial charge in [-0.3, -0.25) is 0 Å². The Kier molecular flexibility index (Phi) is 14.9. The van der Waals surface area contributed by atoms with Gasteiger partial charge in [-0.1, -0.05) is 151 Å². The highest BCUT2D eigenvalue weighted by Crippen LogP contribution is 2.21. The molecule has 0 aliphatic rings. The molecule has 1 unspecified atom stereocenters. The number of hydrogen-bond acceptors (Lipinski definition) is 0. The Balaban J connectivity index is 1.26. The third-order valence-corrected chi connectivity index (χ3v) is 7.79. The van der Waals surface area contributed by atoms with E-state index in [0.717, 1.165) is 19.5 Å². The first-order valence-electron chi connectivity index (χ1n) is 15.5. The van der Waals surface area contributed by atoms with E-state index in [2.05, 4.69) is 95.4 Å². The first-order valence-corrected chi connectivity index (χ1v) is 15.5. The van der Waals surface area contributed by atoms with Gasteiger partial charge in [0.25, 0.3) is 0 Å². The SMILES string of the molecule is CCCCCCCCCCCCCCCCCn1cc[n+](CC(Cc2ccccc2)c2ccccc2)c1. The summed E-state index contributed by atoms with van der Waals surface area (Å²) < 4.78 is 4.76. The van der Waals surface area contributed by atoms with Crippen LogP contribution in [0.5, 0.6) is 0 Å². The molecule has 2 nitrogen and oxygen atoms in total. The summed E-state index contributed by atoms with van der Waals surface area (Å²) in [5.41, 5.74) is 2.84. The highest BCUT2D eigenvalue weighted by Gasteiger charge is 2.16. The summed E-state index contributed by atoms with van der Waals surface area (Å²) in [4.78, 5) is 0. The molecule has 0 spiro atoms. The zero-order chi connectivity index (χ0) is 25.8. The molecular formula is C35H53N2+. The molecule has 0 aliphatic carbocycles. The van der Waals surface area contributed by atoms with Crippen LogP contribution in [-0.4, -0.2) is 4.57 Å². The molecule has 1 heterocycles. The Bertz CT molecular complexity index is 915. The lowest BCUT2D eigenvalue weighted by atomic mass is 9.92. The standard InChI is InChI=1S/C35H53N2/c1-2-3-4-5-6-7-8-9-10-11-12-13-14-15-22-27-36-28-29-37(32-36)31-35(34-25-20-17-21-26-34)30-33-23-18-16-19-24-33/h16-21,23-26,28-29,32,35H,2-15,22,27,30-31H2,1H3/q+1. The molecule has 2 aromatic carbocycles. The van der Waals surface area contributed by atoms with Crippen LogP contribution in [0.4, 0.5) is 0 Å². The molecule has 0 saturated heterocycles. The van der Waals surface area contributed by atoms with Crippen LogP contribution in [0.15, 0.2) is 79.4 Å². The maximum atomic E-state index is 2.38. The Labute approximate surface area is 228 Å². The zero-order valence-electron chi connectivity index (χ0n) is 23.7. The van der Waals surface area contributed by atoms with Crippen molar-refractivity contribution in [3.8, 4) is 0 Å². The fourth-order valence-corrected chi connectivity index (χ4v) is 5.51. The topological polar surface area (TPSA) is 8.81 Å². The normalized spacial score (nSPS) is 12.1. The summed E-state index contributed by atoms with van der Waals surface area (Å²) >= 11 is 0. The van der Waals surface area contributed by atoms with Crippen LogP contribution in [0.3, 0.4) is 0 Å². The minimum absolute atomic E-state index is 0.482. The third-order valence-electron chi connectivity index (χ3n) is 7.79. The van der Waals surface area contributed by atoms with E-state index >= 15 is 0 Å². The second kappa shape index (κ2) is 18.8. The van der Waals surface area contributed by atoms with E-state index in [4.69, 9.17) is 0 Å². The number of benzene rings is 2. The predicted octanol–water partition coefficient (Wildman–Crippen LogP) is 9.67. The molecule has 202 valence electrons. The molecule has 0 amide bonds. The van der Waals surface area contributed by atoms with Crippen LogP contribution in [0.2, 0.25) is 0 Å². The zero-order valence-corrected chi connectivity index (χ0v) is 23.7. The van der Waals surface area contributed by atoms with E-state index in [0.29, 0.717) is 5.92 Å². The average molecular weight is 502 g/mol. The fraction of sp³-hybridized carbons (Fsp3) is 0.571. The average Bonchev–Trinajstić information content (AvgIpc) is 3.38. The van der Waals surface area contributed by atoms with Crippen molar-refractivity contribution < 1.29 is 4.57 Å². The Hall–Kier alpha value is -2.35. The van der Waals surface area contributed by atoms with E-state index in [9.17, 15) is 0 Å². The number of aromatic nitrogens is 2. The lowest BCUT2D eigenvalue weighted by molar-refractivity contribution is -0.699. The molecule has 0 N–H and O–H groups in total. The number of aryl methyl sites for hydroxylation is 1. The van der Waals surface area contributed by atoms with Gasteiger partial charge in [0.2, 0.25) is 6.33 Å². The highest BCUT2D eigenvalue weighted by atomic mass is 15.1. The quantitative estimate of drug-likeness (QED) is 0.101. The van der Waals surface area contributed by atoms with Gasteiger partial charge in [0.15, 0.2) is 0 Å². The molecule has 37 heavy (non-hydrogen) atoms. The second-order valence-electron chi connectivity index (χ2n) is 11.1. The van der Waals surface area contributed by atoms with E-state index in [1.165, 1.54) is 107 Å². The van der Waals surface area contributed by atoms with Crippen LogP contribution in [0.25, 0.3) is 0 Å². The molecule has 0 bridgehead atoms. The molecule has 1 aromatic heterocycles. The lowest BCUT2D eigenvalue weighted by Crippen LogP contribution is -2.35. The fourth-order valence-electron chi connectivity index (χ4n) is 5.51. The molecule has 3 aromatic rings. The van der Waals surface area contributed by atoms with Gasteiger partial charge in [-0.05, 0) is 30.4 Å². The van der Waals surface area contributed by atoms with Gasteiger partial charge in [0.05, 0.1) is 13.1 Å². The molecule has 3 rings (SSSR count). The van der Waals surface area contributed by atoms with Crippen molar-refractivity contribution in [2.45, 2.75) is 129 Å². The number of imidazole rings is 1. The van der Waals surface area contributed by atoms with E-state index in [-0.39, 0.29) is 0 Å². The van der Waals surface area contributed by atoms with Crippen molar-refractivity contribution in [3.05, 3.63) is 90.5 Å². The van der Waals surface area contributed by atoms with Gasteiger partial charge < -0.3 is 0 Å². The minimum atomic E-state index is 0.482. The summed E-state index contributed by atoms with van der Waals surface area (Å²) in [5, 5.41) is 0. The summed E-state index contributed by atoms with van der Waals surface area (Å²) in [6, 6.07) is 21.9. The highest BCUT2D eigenvalue weighted by molar-refractivity contribution is 5.23. The lowest BCUT2D eigenvalue weighted by Gasteiger charge is -2.15. The van der Waals surface area contributed by atoms with Gasteiger partial charge in [0.1, 0.15) is 12.4 Å². The maximum absolute atomic E-state index is 2.38. The summed E-state index contributed by atoms with van der Waals surface area (Å²) in [7, 11) is 0. The number of hydrogen-bond donors (Lipinski definition) is 0. The molecule has 1 atom stereocenters. The van der Waals surface area contributed by atoms with Crippen LogP contribution in [-0.2, 0) is 19.5 Å². The molecule has 2 heteroatoms. The maximum Gasteiger partial charge on any atom is 0.243 e. The van der Waals surface area contributed by atoms with Crippen molar-refractivity contribution >= 4 is 0 Å². The third kappa shape index (κ3) is 12.6. The van der Waals surface area contributed by atoms with Crippen molar-refractivity contribution in [1.82, 2.24) is 4.57 Å². The smallest absolute Gasteiger partial charge is 0.237 e. The van der Waals surface area contributed by atoms with Gasteiger partial charge in [0, 0.05) is 5.92 Å². The number of unbranched alkanes of at least 4 members (excludes halogenated alkanes) is 14. The van der Waals surface area contributed by atoms with Crippen molar-refractivity contribution in [3.63, 3.8) is 0 Å². The minimum Gasteiger partial charge on any atom is -0.237 e. The van der Waals surface area contributed by atoms with E-state index in [1.807, 2.05) is 0 Å². The molecule has 0 aliphatic heterocycles. The van der Waals surface area contributed by atoms with E-state index in [1.54, 1.807) is 0 Å². The second-order valence-corrected chi connectivity index (χ2v) is 11.1. The molecule has 0 radical (unpaired) electrons. The monoisotopic (exact) mass is 501 g/mol. The first kappa shape index (κ1) is 29.2. The van der Waals surface area contributed by atoms with E-state index < -0.39 is 0 Å². The number of nitrogens with zero attached hydrogens (tertiary/aromatic N) is 2. The Morgan fingerprint density at radius 3 is 1.70 bits per heavy atom. The van der Waals surface area contributed by atoms with Crippen molar-refractivity contribution in [1.29, 1.82) is 0 Å². The molecule has 0 saturated carbocycles. The van der Waals surface area contributed by atoms with Crippen LogP contribution < -0.4 is 4.57 Å². The van der Waals surface area contributed by atoms with Gasteiger partial charge in [-0.15, -0.1) is 0 Å². The Morgan fingerprint density at radius 1 is 0.622 bits per heavy atom. The largest absolute Gasteiger partial charge is 0.243 e. The summed E-state index contributed by atoms with van der Waals surface area (Å²) in [5.74, 6) is 0.482. The number of rotatable bonds is 21. The van der Waals surface area contributed by atoms with Crippen LogP contribution in [0, 0.1) is 0 Å². The van der Waals surface area contributed by atoms with Crippen LogP contribution in [0.1, 0.15) is 120 Å². The van der Waals surface area contributed by atoms with Gasteiger partial charge in [-0.25, -0.2) is 9.13 Å². The first-order chi connectivity index (χ1) is 18.3. The Morgan fingerprint density at radius 2 is 1.14 bits per heavy atom. The molecule has 0 fully saturated rings. The summed E-state index contributed by atoms with van der Waals surface area (Å²) in [6.07, 6.45) is 29.2.